The number of hydrogen-bond acceptors (Lipinski definition) is 8. The van der Waals surface area contributed by atoms with Crippen molar-refractivity contribution in [3.63, 3.8) is 0 Å². The van der Waals surface area contributed by atoms with Crippen molar-refractivity contribution in [1.82, 2.24) is 19.6 Å². The summed E-state index contributed by atoms with van der Waals surface area (Å²) in [5, 5.41) is 3.31. The molecule has 8 nitrogen and oxygen atoms in total. The summed E-state index contributed by atoms with van der Waals surface area (Å²) in [4.78, 5) is 19.3. The van der Waals surface area contributed by atoms with E-state index < -0.39 is 0 Å². The molecule has 1 N–H and O–H groups in total. The topological polar surface area (TPSA) is 85.8 Å². The van der Waals surface area contributed by atoms with E-state index in [9.17, 15) is 9.18 Å². The van der Waals surface area contributed by atoms with Gasteiger partial charge in [-0.3, -0.25) is 9.69 Å². The van der Waals surface area contributed by atoms with Crippen LogP contribution in [0.3, 0.4) is 0 Å². The standard InChI is InChI=1S/C24H27FN4O4S/c1-31-21-16-18(23(30)26-9-2-10-29-11-13-32-14-12-29)5-8-20(21)33-24-27-22(28-34-24)15-17-3-6-19(25)7-4-17/h3-8,16H,2,9-15H2,1H3,(H,26,30). The quantitative estimate of drug-likeness (QED) is 0.439. The van der Waals surface area contributed by atoms with Gasteiger partial charge in [0, 0.05) is 43.2 Å². The molecular formula is C24H27FN4O4S. The Labute approximate surface area is 201 Å². The first kappa shape index (κ1) is 24.1. The third-order valence-corrected chi connectivity index (χ3v) is 6.02. The van der Waals surface area contributed by atoms with Crippen LogP contribution in [0.5, 0.6) is 16.7 Å². The van der Waals surface area contributed by atoms with Crippen LogP contribution in [0.15, 0.2) is 42.5 Å². The Morgan fingerprint density at radius 3 is 2.74 bits per heavy atom. The molecule has 1 fully saturated rings. The zero-order valence-electron chi connectivity index (χ0n) is 19.0. The second-order valence-electron chi connectivity index (χ2n) is 7.81. The van der Waals surface area contributed by atoms with Gasteiger partial charge in [0.15, 0.2) is 17.3 Å². The first-order valence-electron chi connectivity index (χ1n) is 11.1. The number of benzene rings is 2. The molecule has 0 saturated carbocycles. The molecule has 0 atom stereocenters. The number of rotatable bonds is 10. The number of carbonyl (C=O) groups excluding carboxylic acids is 1. The van der Waals surface area contributed by atoms with E-state index in [1.807, 2.05) is 0 Å². The summed E-state index contributed by atoms with van der Waals surface area (Å²) in [5.41, 5.74) is 1.40. The SMILES string of the molecule is COc1cc(C(=O)NCCCN2CCOCC2)ccc1Oc1nc(Cc2ccc(F)cc2)ns1. The number of nitrogens with one attached hydrogen (secondary N) is 1. The van der Waals surface area contributed by atoms with E-state index in [0.717, 1.165) is 56.4 Å². The molecule has 1 saturated heterocycles. The molecule has 1 aliphatic heterocycles. The molecule has 1 amide bonds. The predicted octanol–water partition coefficient (Wildman–Crippen LogP) is 3.52. The molecule has 0 aliphatic carbocycles. The average molecular weight is 487 g/mol. The van der Waals surface area contributed by atoms with E-state index in [1.54, 1.807) is 30.3 Å². The van der Waals surface area contributed by atoms with Gasteiger partial charge >= 0.3 is 0 Å². The van der Waals surface area contributed by atoms with Crippen molar-refractivity contribution < 1.29 is 23.4 Å². The molecule has 0 bridgehead atoms. The number of morpholine rings is 1. The van der Waals surface area contributed by atoms with Crippen molar-refractivity contribution in [1.29, 1.82) is 0 Å². The lowest BCUT2D eigenvalue weighted by Gasteiger charge is -2.26. The largest absolute Gasteiger partial charge is 0.493 e. The molecule has 2 heterocycles. The summed E-state index contributed by atoms with van der Waals surface area (Å²) in [6.45, 7) is 4.95. The maximum atomic E-state index is 13.1. The third-order valence-electron chi connectivity index (χ3n) is 5.39. The van der Waals surface area contributed by atoms with Crippen LogP contribution >= 0.6 is 11.5 Å². The van der Waals surface area contributed by atoms with Crippen LogP contribution in [0.1, 0.15) is 28.2 Å². The molecule has 2 aromatic carbocycles. The molecule has 3 aromatic rings. The highest BCUT2D eigenvalue weighted by Gasteiger charge is 2.15. The predicted molar refractivity (Wildman–Crippen MR) is 126 cm³/mol. The van der Waals surface area contributed by atoms with Crippen molar-refractivity contribution in [2.75, 3.05) is 46.5 Å². The maximum absolute atomic E-state index is 13.1. The lowest BCUT2D eigenvalue weighted by atomic mass is 10.1. The summed E-state index contributed by atoms with van der Waals surface area (Å²) < 4.78 is 34.0. The van der Waals surface area contributed by atoms with Gasteiger partial charge in [0.25, 0.3) is 11.1 Å². The van der Waals surface area contributed by atoms with E-state index in [4.69, 9.17) is 14.2 Å². The number of halogens is 1. The van der Waals surface area contributed by atoms with Gasteiger partial charge in [-0.15, -0.1) is 0 Å². The molecule has 0 unspecified atom stereocenters. The highest BCUT2D eigenvalue weighted by Crippen LogP contribution is 2.33. The molecule has 180 valence electrons. The maximum Gasteiger partial charge on any atom is 0.298 e. The normalized spacial score (nSPS) is 14.1. The van der Waals surface area contributed by atoms with E-state index in [1.165, 1.54) is 19.2 Å². The van der Waals surface area contributed by atoms with Crippen molar-refractivity contribution in [2.24, 2.45) is 0 Å². The van der Waals surface area contributed by atoms with Crippen molar-refractivity contribution in [3.8, 4) is 16.7 Å². The summed E-state index contributed by atoms with van der Waals surface area (Å²) >= 11 is 1.12. The second-order valence-corrected chi connectivity index (χ2v) is 8.53. The van der Waals surface area contributed by atoms with Crippen LogP contribution < -0.4 is 14.8 Å². The Balaban J connectivity index is 1.30. The first-order chi connectivity index (χ1) is 16.6. The fourth-order valence-electron chi connectivity index (χ4n) is 3.55. The van der Waals surface area contributed by atoms with Gasteiger partial charge in [0.05, 0.1) is 20.3 Å². The number of hydrogen-bond donors (Lipinski definition) is 1. The van der Waals surface area contributed by atoms with Crippen molar-refractivity contribution >= 4 is 17.4 Å². The van der Waals surface area contributed by atoms with Gasteiger partial charge in [-0.25, -0.2) is 4.39 Å². The molecule has 1 aliphatic rings. The zero-order valence-corrected chi connectivity index (χ0v) is 19.8. The minimum atomic E-state index is -0.281. The second kappa shape index (κ2) is 11.9. The van der Waals surface area contributed by atoms with Gasteiger partial charge in [0.1, 0.15) is 5.82 Å². The molecule has 0 radical (unpaired) electrons. The van der Waals surface area contributed by atoms with Gasteiger partial charge in [-0.2, -0.15) is 9.36 Å². The summed E-state index contributed by atoms with van der Waals surface area (Å²) in [5.74, 6) is 1.01. The number of ether oxygens (including phenoxy) is 3. The fraction of sp³-hybridized carbons (Fsp3) is 0.375. The lowest BCUT2D eigenvalue weighted by Crippen LogP contribution is -2.38. The highest BCUT2D eigenvalue weighted by atomic mass is 32.1. The summed E-state index contributed by atoms with van der Waals surface area (Å²) in [6, 6.07) is 11.2. The molecule has 4 rings (SSSR count). The Kier molecular flexibility index (Phi) is 8.40. The molecule has 34 heavy (non-hydrogen) atoms. The van der Waals surface area contributed by atoms with Crippen molar-refractivity contribution in [3.05, 3.63) is 65.2 Å². The van der Waals surface area contributed by atoms with Gasteiger partial charge in [-0.1, -0.05) is 12.1 Å². The Hall–Kier alpha value is -3.08. The Bertz CT molecular complexity index is 1090. The van der Waals surface area contributed by atoms with Crippen LogP contribution in [0.25, 0.3) is 0 Å². The summed E-state index contributed by atoms with van der Waals surface area (Å²) in [7, 11) is 1.52. The van der Waals surface area contributed by atoms with E-state index in [0.29, 0.717) is 41.0 Å². The van der Waals surface area contributed by atoms with E-state index in [2.05, 4.69) is 19.6 Å². The van der Waals surface area contributed by atoms with Crippen LogP contribution in [0.2, 0.25) is 0 Å². The van der Waals surface area contributed by atoms with Gasteiger partial charge in [0.2, 0.25) is 0 Å². The Morgan fingerprint density at radius 2 is 1.97 bits per heavy atom. The number of aromatic nitrogens is 2. The third kappa shape index (κ3) is 6.72. The smallest absolute Gasteiger partial charge is 0.298 e. The molecule has 0 spiro atoms. The highest BCUT2D eigenvalue weighted by molar-refractivity contribution is 7.07. The minimum absolute atomic E-state index is 0.163. The van der Waals surface area contributed by atoms with Crippen LogP contribution in [-0.2, 0) is 11.2 Å². The molecule has 10 heteroatoms. The minimum Gasteiger partial charge on any atom is -0.493 e. The van der Waals surface area contributed by atoms with E-state index in [-0.39, 0.29) is 11.7 Å². The zero-order chi connectivity index (χ0) is 23.8. The fourth-order valence-corrected chi connectivity index (χ4v) is 4.12. The van der Waals surface area contributed by atoms with Crippen LogP contribution in [-0.4, -0.2) is 66.7 Å². The van der Waals surface area contributed by atoms with Crippen LogP contribution in [0, 0.1) is 5.82 Å². The van der Waals surface area contributed by atoms with Gasteiger partial charge in [-0.05, 0) is 48.9 Å². The number of nitrogens with zero attached hydrogens (tertiary/aromatic N) is 3. The number of carbonyl (C=O) groups is 1. The number of methoxy groups -OCH3 is 1. The lowest BCUT2D eigenvalue weighted by molar-refractivity contribution is 0.0374. The summed E-state index contributed by atoms with van der Waals surface area (Å²) in [6.07, 6.45) is 1.35. The number of amides is 1. The first-order valence-corrected chi connectivity index (χ1v) is 11.9. The monoisotopic (exact) mass is 486 g/mol. The molecule has 1 aromatic heterocycles. The Morgan fingerprint density at radius 1 is 1.18 bits per heavy atom. The van der Waals surface area contributed by atoms with Crippen molar-refractivity contribution in [2.45, 2.75) is 12.8 Å². The molecular weight excluding hydrogens is 459 g/mol. The van der Waals surface area contributed by atoms with E-state index >= 15 is 0 Å². The van der Waals surface area contributed by atoms with Crippen LogP contribution in [0.4, 0.5) is 4.39 Å². The average Bonchev–Trinajstić information content (AvgIpc) is 3.30. The van der Waals surface area contributed by atoms with Gasteiger partial charge < -0.3 is 19.5 Å².